The third kappa shape index (κ3) is 2.59. The van der Waals surface area contributed by atoms with E-state index in [1.807, 2.05) is 17.6 Å². The zero-order valence-electron chi connectivity index (χ0n) is 10.7. The van der Waals surface area contributed by atoms with Crippen molar-refractivity contribution < 1.29 is 0 Å². The van der Waals surface area contributed by atoms with E-state index in [2.05, 4.69) is 36.2 Å². The average molecular weight is 320 g/mol. The van der Waals surface area contributed by atoms with Gasteiger partial charge in [0.25, 0.3) is 0 Å². The van der Waals surface area contributed by atoms with Crippen LogP contribution in [0, 0.1) is 6.92 Å². The number of benzene rings is 2. The molecule has 0 fully saturated rings. The smallest absolute Gasteiger partial charge is 0.0890 e. The SMILES string of the molecule is Cc1ccc(-c2scnc2-c2ccc(Cl)c(Cl)c2)cc1. The molecule has 0 saturated carbocycles. The Morgan fingerprint density at radius 1 is 0.900 bits per heavy atom. The Hall–Kier alpha value is -1.35. The maximum atomic E-state index is 6.09. The summed E-state index contributed by atoms with van der Waals surface area (Å²) >= 11 is 13.7. The second kappa shape index (κ2) is 5.57. The van der Waals surface area contributed by atoms with Crippen LogP contribution in [-0.2, 0) is 0 Å². The van der Waals surface area contributed by atoms with Crippen LogP contribution in [0.2, 0.25) is 10.0 Å². The van der Waals surface area contributed by atoms with Crippen molar-refractivity contribution in [3.63, 3.8) is 0 Å². The van der Waals surface area contributed by atoms with Crippen LogP contribution < -0.4 is 0 Å². The third-order valence-corrected chi connectivity index (χ3v) is 4.69. The number of thiazole rings is 1. The summed E-state index contributed by atoms with van der Waals surface area (Å²) in [5, 5.41) is 1.11. The molecule has 0 spiro atoms. The molecular formula is C16H11Cl2NS. The van der Waals surface area contributed by atoms with E-state index in [0.29, 0.717) is 10.0 Å². The third-order valence-electron chi connectivity index (χ3n) is 3.07. The molecule has 20 heavy (non-hydrogen) atoms. The van der Waals surface area contributed by atoms with Crippen LogP contribution in [0.15, 0.2) is 48.0 Å². The molecule has 0 atom stereocenters. The molecule has 0 aliphatic heterocycles. The van der Waals surface area contributed by atoms with Crippen molar-refractivity contribution in [2.75, 3.05) is 0 Å². The molecule has 0 amide bonds. The first-order chi connectivity index (χ1) is 9.65. The molecular weight excluding hydrogens is 309 g/mol. The lowest BCUT2D eigenvalue weighted by Crippen LogP contribution is -1.83. The van der Waals surface area contributed by atoms with E-state index in [0.717, 1.165) is 16.1 Å². The molecule has 1 aromatic heterocycles. The molecule has 3 rings (SSSR count). The highest BCUT2D eigenvalue weighted by Gasteiger charge is 2.12. The molecule has 4 heteroatoms. The number of nitrogens with zero attached hydrogens (tertiary/aromatic N) is 1. The van der Waals surface area contributed by atoms with Crippen molar-refractivity contribution in [3.8, 4) is 21.7 Å². The molecule has 0 bridgehead atoms. The molecule has 3 aromatic rings. The number of halogens is 2. The first kappa shape index (κ1) is 13.6. The maximum Gasteiger partial charge on any atom is 0.0890 e. The van der Waals surface area contributed by atoms with Crippen LogP contribution in [-0.4, -0.2) is 4.98 Å². The zero-order valence-corrected chi connectivity index (χ0v) is 13.1. The van der Waals surface area contributed by atoms with Gasteiger partial charge in [0.2, 0.25) is 0 Å². The quantitative estimate of drug-likeness (QED) is 0.556. The summed E-state index contributed by atoms with van der Waals surface area (Å²) < 4.78 is 0. The van der Waals surface area contributed by atoms with Crippen LogP contribution >= 0.6 is 34.5 Å². The minimum absolute atomic E-state index is 0.548. The lowest BCUT2D eigenvalue weighted by Gasteiger charge is -2.05. The fourth-order valence-electron chi connectivity index (χ4n) is 2.00. The molecule has 0 unspecified atom stereocenters. The fraction of sp³-hybridized carbons (Fsp3) is 0.0625. The largest absolute Gasteiger partial charge is 0.244 e. The van der Waals surface area contributed by atoms with E-state index in [1.165, 1.54) is 11.1 Å². The second-order valence-electron chi connectivity index (χ2n) is 4.53. The van der Waals surface area contributed by atoms with E-state index in [-0.39, 0.29) is 0 Å². The monoisotopic (exact) mass is 319 g/mol. The summed E-state index contributed by atoms with van der Waals surface area (Å²) in [6, 6.07) is 14.0. The van der Waals surface area contributed by atoms with Crippen LogP contribution in [0.3, 0.4) is 0 Å². The number of rotatable bonds is 2. The lowest BCUT2D eigenvalue weighted by atomic mass is 10.1. The van der Waals surface area contributed by atoms with Crippen molar-refractivity contribution >= 4 is 34.5 Å². The van der Waals surface area contributed by atoms with Crippen molar-refractivity contribution in [1.82, 2.24) is 4.98 Å². The summed E-state index contributed by atoms with van der Waals surface area (Å²) in [7, 11) is 0. The normalized spacial score (nSPS) is 10.8. The van der Waals surface area contributed by atoms with E-state index in [9.17, 15) is 0 Å². The Morgan fingerprint density at radius 2 is 1.60 bits per heavy atom. The van der Waals surface area contributed by atoms with Crippen LogP contribution in [0.4, 0.5) is 0 Å². The highest BCUT2D eigenvalue weighted by Crippen LogP contribution is 2.36. The molecule has 1 nitrogen and oxygen atoms in total. The topological polar surface area (TPSA) is 12.9 Å². The highest BCUT2D eigenvalue weighted by atomic mass is 35.5. The van der Waals surface area contributed by atoms with Gasteiger partial charge in [0.15, 0.2) is 0 Å². The summed E-state index contributed by atoms with van der Waals surface area (Å²) in [6.07, 6.45) is 0. The fourth-order valence-corrected chi connectivity index (χ4v) is 3.12. The Morgan fingerprint density at radius 3 is 2.30 bits per heavy atom. The summed E-state index contributed by atoms with van der Waals surface area (Å²) in [4.78, 5) is 5.61. The minimum atomic E-state index is 0.548. The molecule has 100 valence electrons. The van der Waals surface area contributed by atoms with Gasteiger partial charge in [-0.15, -0.1) is 11.3 Å². The molecule has 0 aliphatic carbocycles. The Bertz CT molecular complexity index is 747. The zero-order chi connectivity index (χ0) is 14.1. The second-order valence-corrected chi connectivity index (χ2v) is 6.19. The van der Waals surface area contributed by atoms with Crippen molar-refractivity contribution in [3.05, 3.63) is 63.6 Å². The van der Waals surface area contributed by atoms with Gasteiger partial charge >= 0.3 is 0 Å². The Balaban J connectivity index is 2.10. The molecule has 2 aromatic carbocycles. The first-order valence-corrected chi connectivity index (χ1v) is 7.74. The average Bonchev–Trinajstić information content (AvgIpc) is 2.92. The van der Waals surface area contributed by atoms with Gasteiger partial charge in [0.1, 0.15) is 0 Å². The lowest BCUT2D eigenvalue weighted by molar-refractivity contribution is 1.40. The van der Waals surface area contributed by atoms with Crippen LogP contribution in [0.1, 0.15) is 5.56 Å². The minimum Gasteiger partial charge on any atom is -0.244 e. The number of hydrogen-bond acceptors (Lipinski definition) is 2. The number of aryl methyl sites for hydroxylation is 1. The van der Waals surface area contributed by atoms with Gasteiger partial charge in [-0.1, -0.05) is 59.1 Å². The van der Waals surface area contributed by atoms with Gasteiger partial charge in [0, 0.05) is 5.56 Å². The first-order valence-electron chi connectivity index (χ1n) is 6.11. The van der Waals surface area contributed by atoms with Crippen LogP contribution in [0.25, 0.3) is 21.7 Å². The number of aromatic nitrogens is 1. The van der Waals surface area contributed by atoms with Crippen molar-refractivity contribution in [1.29, 1.82) is 0 Å². The predicted molar refractivity (Wildman–Crippen MR) is 87.7 cm³/mol. The Kier molecular flexibility index (Phi) is 3.79. The standard InChI is InChI=1S/C16H11Cl2NS/c1-10-2-4-11(5-3-10)16-15(19-9-20-16)12-6-7-13(17)14(18)8-12/h2-9H,1H3. The summed E-state index contributed by atoms with van der Waals surface area (Å²) in [6.45, 7) is 2.08. The highest BCUT2D eigenvalue weighted by molar-refractivity contribution is 7.13. The van der Waals surface area contributed by atoms with Gasteiger partial charge in [-0.2, -0.15) is 0 Å². The molecule has 0 radical (unpaired) electrons. The van der Waals surface area contributed by atoms with E-state index < -0.39 is 0 Å². The van der Waals surface area contributed by atoms with Gasteiger partial charge < -0.3 is 0 Å². The van der Waals surface area contributed by atoms with Gasteiger partial charge in [0.05, 0.1) is 26.1 Å². The molecule has 1 heterocycles. The predicted octanol–water partition coefficient (Wildman–Crippen LogP) is 6.09. The van der Waals surface area contributed by atoms with Gasteiger partial charge in [-0.3, -0.25) is 0 Å². The number of hydrogen-bond donors (Lipinski definition) is 0. The molecule has 0 saturated heterocycles. The van der Waals surface area contributed by atoms with E-state index >= 15 is 0 Å². The van der Waals surface area contributed by atoms with Crippen LogP contribution in [0.5, 0.6) is 0 Å². The maximum absolute atomic E-state index is 6.09. The summed E-state index contributed by atoms with van der Waals surface area (Å²) in [5.74, 6) is 0. The van der Waals surface area contributed by atoms with E-state index in [1.54, 1.807) is 17.4 Å². The van der Waals surface area contributed by atoms with Crippen molar-refractivity contribution in [2.24, 2.45) is 0 Å². The van der Waals surface area contributed by atoms with Gasteiger partial charge in [-0.25, -0.2) is 4.98 Å². The van der Waals surface area contributed by atoms with Gasteiger partial charge in [-0.05, 0) is 24.6 Å². The molecule has 0 N–H and O–H groups in total. The molecule has 0 aliphatic rings. The summed E-state index contributed by atoms with van der Waals surface area (Å²) in [5.41, 5.74) is 6.19. The Labute approximate surface area is 131 Å². The van der Waals surface area contributed by atoms with Crippen molar-refractivity contribution in [2.45, 2.75) is 6.92 Å². The van der Waals surface area contributed by atoms with E-state index in [4.69, 9.17) is 23.2 Å².